The van der Waals surface area contributed by atoms with Crippen molar-refractivity contribution in [2.24, 2.45) is 5.92 Å². The lowest BCUT2D eigenvalue weighted by atomic mass is 10.2. The number of anilines is 2. The van der Waals surface area contributed by atoms with Gasteiger partial charge < -0.3 is 11.1 Å². The van der Waals surface area contributed by atoms with Crippen molar-refractivity contribution in [2.45, 2.75) is 20.4 Å². The Morgan fingerprint density at radius 1 is 1.45 bits per heavy atom. The highest BCUT2D eigenvalue weighted by molar-refractivity contribution is 5.91. The molecule has 1 amide bonds. The van der Waals surface area contributed by atoms with Crippen LogP contribution in [0.4, 0.5) is 11.8 Å². The molecule has 0 unspecified atom stereocenters. The van der Waals surface area contributed by atoms with Gasteiger partial charge in [-0.25, -0.2) is 9.67 Å². The fraction of sp³-hybridized carbons (Fsp3) is 0.364. The molecule has 20 heavy (non-hydrogen) atoms. The number of hydrogen-bond donors (Lipinski definition) is 2. The lowest BCUT2D eigenvalue weighted by Crippen LogP contribution is -2.19. The third-order valence-corrected chi connectivity index (χ3v) is 2.55. The molecule has 3 N–H and O–H groups in total. The van der Waals surface area contributed by atoms with Crippen molar-refractivity contribution in [3.05, 3.63) is 18.6 Å². The Labute approximate surface area is 114 Å². The van der Waals surface area contributed by atoms with Gasteiger partial charge in [0.25, 0.3) is 5.91 Å². The number of nitrogens with one attached hydrogen (secondary N) is 1. The van der Waals surface area contributed by atoms with Crippen LogP contribution in [0.15, 0.2) is 18.6 Å². The highest BCUT2D eigenvalue weighted by atomic mass is 16.2. The summed E-state index contributed by atoms with van der Waals surface area (Å²) in [5, 5.41) is 10.1. The number of carbonyl (C=O) groups is 2. The molecule has 0 aromatic carbocycles. The van der Waals surface area contributed by atoms with E-state index in [1.54, 1.807) is 13.8 Å². The molecule has 0 saturated carbocycles. The molecule has 0 radical (unpaired) electrons. The monoisotopic (exact) mass is 277 g/mol. The molecule has 0 bridgehead atoms. The van der Waals surface area contributed by atoms with E-state index < -0.39 is 0 Å². The Morgan fingerprint density at radius 3 is 2.80 bits per heavy atom. The van der Waals surface area contributed by atoms with E-state index in [1.807, 2.05) is 0 Å². The first kappa shape index (κ1) is 13.7. The van der Waals surface area contributed by atoms with Gasteiger partial charge in [0.2, 0.25) is 11.9 Å². The summed E-state index contributed by atoms with van der Waals surface area (Å²) in [6, 6.07) is 0. The first-order valence-corrected chi connectivity index (χ1v) is 6.00. The van der Waals surface area contributed by atoms with Crippen molar-refractivity contribution in [3.63, 3.8) is 0 Å². The second-order valence-electron chi connectivity index (χ2n) is 4.49. The normalized spacial score (nSPS) is 10.8. The van der Waals surface area contributed by atoms with E-state index >= 15 is 0 Å². The maximum Gasteiger partial charge on any atom is 0.255 e. The van der Waals surface area contributed by atoms with Gasteiger partial charge in [-0.15, -0.1) is 5.10 Å². The number of nitrogen functional groups attached to an aromatic ring is 1. The Bertz CT molecular complexity index is 628. The largest absolute Gasteiger partial charge is 0.369 e. The molecule has 0 atom stereocenters. The molecule has 9 nitrogen and oxygen atoms in total. The van der Waals surface area contributed by atoms with Crippen molar-refractivity contribution in [3.8, 4) is 0 Å². The second kappa shape index (κ2) is 5.51. The number of nitrogens with zero attached hydrogens (tertiary/aromatic N) is 5. The molecule has 2 rings (SSSR count). The minimum Gasteiger partial charge on any atom is -0.369 e. The summed E-state index contributed by atoms with van der Waals surface area (Å²) in [5.41, 5.74) is 5.53. The molecule has 2 aromatic heterocycles. The van der Waals surface area contributed by atoms with Crippen LogP contribution in [0.25, 0.3) is 0 Å². The van der Waals surface area contributed by atoms with E-state index in [2.05, 4.69) is 20.6 Å². The van der Waals surface area contributed by atoms with E-state index in [-0.39, 0.29) is 30.2 Å². The molecule has 0 saturated heterocycles. The summed E-state index contributed by atoms with van der Waals surface area (Å²) in [4.78, 5) is 27.2. The molecular formula is C11H15N7O2. The number of amides is 1. The lowest BCUT2D eigenvalue weighted by Gasteiger charge is -2.03. The van der Waals surface area contributed by atoms with Crippen LogP contribution in [0.5, 0.6) is 0 Å². The lowest BCUT2D eigenvalue weighted by molar-refractivity contribution is -0.118. The van der Waals surface area contributed by atoms with Gasteiger partial charge >= 0.3 is 0 Å². The zero-order valence-corrected chi connectivity index (χ0v) is 11.1. The fourth-order valence-electron chi connectivity index (χ4n) is 1.44. The van der Waals surface area contributed by atoms with Gasteiger partial charge in [0, 0.05) is 18.3 Å². The van der Waals surface area contributed by atoms with E-state index in [0.717, 1.165) is 0 Å². The predicted molar refractivity (Wildman–Crippen MR) is 70.8 cm³/mol. The molecular weight excluding hydrogens is 262 g/mol. The van der Waals surface area contributed by atoms with Gasteiger partial charge in [0.15, 0.2) is 5.82 Å². The highest BCUT2D eigenvalue weighted by Gasteiger charge is 2.13. The molecule has 0 aliphatic heterocycles. The van der Waals surface area contributed by atoms with Crippen LogP contribution >= 0.6 is 0 Å². The van der Waals surface area contributed by atoms with Gasteiger partial charge in [-0.05, 0) is 0 Å². The third-order valence-electron chi connectivity index (χ3n) is 2.55. The zero-order chi connectivity index (χ0) is 14.7. The SMILES string of the molecule is CC(C)C(=O)Nc1cn(CC(=O)n2ccnc2N)nn1. The number of imidazole rings is 1. The third kappa shape index (κ3) is 2.99. The number of aromatic nitrogens is 5. The quantitative estimate of drug-likeness (QED) is 0.810. The van der Waals surface area contributed by atoms with Crippen molar-refractivity contribution in [1.29, 1.82) is 0 Å². The number of hydrogen-bond acceptors (Lipinski definition) is 6. The summed E-state index contributed by atoms with van der Waals surface area (Å²) in [5.74, 6) is -0.208. The van der Waals surface area contributed by atoms with Gasteiger partial charge in [-0.1, -0.05) is 19.1 Å². The van der Waals surface area contributed by atoms with Crippen LogP contribution in [0.2, 0.25) is 0 Å². The molecule has 9 heteroatoms. The van der Waals surface area contributed by atoms with E-state index in [1.165, 1.54) is 27.8 Å². The van der Waals surface area contributed by atoms with Crippen molar-refractivity contribution in [2.75, 3.05) is 11.1 Å². The van der Waals surface area contributed by atoms with Crippen LogP contribution in [0, 0.1) is 5.92 Å². The predicted octanol–water partition coefficient (Wildman–Crippen LogP) is -0.00830. The number of nitrogens with two attached hydrogens (primary N) is 1. The van der Waals surface area contributed by atoms with E-state index in [9.17, 15) is 9.59 Å². The van der Waals surface area contributed by atoms with Crippen LogP contribution < -0.4 is 11.1 Å². The molecule has 0 fully saturated rings. The fourth-order valence-corrected chi connectivity index (χ4v) is 1.44. The molecule has 0 aliphatic rings. The number of carbonyl (C=O) groups excluding carboxylic acids is 2. The molecule has 0 spiro atoms. The summed E-state index contributed by atoms with van der Waals surface area (Å²) < 4.78 is 2.53. The first-order valence-electron chi connectivity index (χ1n) is 6.00. The highest BCUT2D eigenvalue weighted by Crippen LogP contribution is 2.05. The first-order chi connectivity index (χ1) is 9.47. The minimum absolute atomic E-state index is 0.0505. The molecule has 106 valence electrons. The zero-order valence-electron chi connectivity index (χ0n) is 11.1. The maximum atomic E-state index is 11.9. The van der Waals surface area contributed by atoms with E-state index in [4.69, 9.17) is 5.73 Å². The van der Waals surface area contributed by atoms with Gasteiger partial charge in [-0.2, -0.15) is 0 Å². The van der Waals surface area contributed by atoms with E-state index in [0.29, 0.717) is 5.82 Å². The Kier molecular flexibility index (Phi) is 3.78. The standard InChI is InChI=1S/C11H15N7O2/c1-7(2)10(20)14-8-5-17(16-15-8)6-9(19)18-4-3-13-11(18)12/h3-5,7H,6H2,1-2H3,(H2,12,13)(H,14,20). The van der Waals surface area contributed by atoms with Crippen molar-refractivity contribution < 1.29 is 9.59 Å². The van der Waals surface area contributed by atoms with Gasteiger partial charge in [0.05, 0.1) is 6.20 Å². The van der Waals surface area contributed by atoms with Crippen molar-refractivity contribution >= 4 is 23.6 Å². The average Bonchev–Trinajstić information content (AvgIpc) is 2.98. The topological polar surface area (TPSA) is 121 Å². The second-order valence-corrected chi connectivity index (χ2v) is 4.49. The summed E-state index contributed by atoms with van der Waals surface area (Å²) >= 11 is 0. The summed E-state index contributed by atoms with van der Waals surface area (Å²) in [6.07, 6.45) is 4.38. The van der Waals surface area contributed by atoms with Crippen molar-refractivity contribution in [1.82, 2.24) is 24.5 Å². The summed E-state index contributed by atoms with van der Waals surface area (Å²) in [7, 11) is 0. The smallest absolute Gasteiger partial charge is 0.255 e. The van der Waals surface area contributed by atoms with Gasteiger partial charge in [0.1, 0.15) is 6.54 Å². The minimum atomic E-state index is -0.299. The molecule has 0 aliphatic carbocycles. The number of rotatable bonds is 4. The Hall–Kier alpha value is -2.71. The Morgan fingerprint density at radius 2 is 2.20 bits per heavy atom. The van der Waals surface area contributed by atoms with Crippen LogP contribution in [-0.2, 0) is 11.3 Å². The Balaban J connectivity index is 2.01. The average molecular weight is 277 g/mol. The molecule has 2 aromatic rings. The van der Waals surface area contributed by atoms with Crippen LogP contribution in [0.3, 0.4) is 0 Å². The maximum absolute atomic E-state index is 11.9. The molecule has 2 heterocycles. The van der Waals surface area contributed by atoms with Gasteiger partial charge in [-0.3, -0.25) is 14.2 Å². The summed E-state index contributed by atoms with van der Waals surface area (Å²) in [6.45, 7) is 3.49. The van der Waals surface area contributed by atoms with Crippen LogP contribution in [-0.4, -0.2) is 36.4 Å². The van der Waals surface area contributed by atoms with Crippen LogP contribution in [0.1, 0.15) is 18.6 Å².